The highest BCUT2D eigenvalue weighted by Gasteiger charge is 2.34. The molecule has 0 N–H and O–H groups in total. The summed E-state index contributed by atoms with van der Waals surface area (Å²) in [7, 11) is 1.20. The quantitative estimate of drug-likeness (QED) is 0.781. The van der Waals surface area contributed by atoms with E-state index in [1.165, 1.54) is 25.3 Å². The Morgan fingerprint density at radius 3 is 2.76 bits per heavy atom. The Labute approximate surface area is 118 Å². The lowest BCUT2D eigenvalue weighted by molar-refractivity contribution is -0.162. The maximum Gasteiger partial charge on any atom is 0.406 e. The molecule has 0 aliphatic carbocycles. The first-order valence-electron chi connectivity index (χ1n) is 5.99. The van der Waals surface area contributed by atoms with Crippen LogP contribution in [0, 0.1) is 0 Å². The molecule has 1 aromatic rings. The van der Waals surface area contributed by atoms with Crippen molar-refractivity contribution in [3.63, 3.8) is 0 Å². The van der Waals surface area contributed by atoms with Crippen LogP contribution in [0.25, 0.3) is 0 Å². The number of carbonyl (C=O) groups excluding carboxylic acids is 2. The maximum atomic E-state index is 12.5. The fraction of sp³-hybridized carbons (Fsp3) is 0.385. The summed E-state index contributed by atoms with van der Waals surface area (Å²) in [6.07, 6.45) is -4.50. The summed E-state index contributed by atoms with van der Waals surface area (Å²) in [5.74, 6) is -1.10. The first-order valence-corrected chi connectivity index (χ1v) is 5.99. The minimum atomic E-state index is -4.50. The maximum absolute atomic E-state index is 12.5. The zero-order valence-electron chi connectivity index (χ0n) is 11.1. The smallest absolute Gasteiger partial charge is 0.406 e. The average Bonchev–Trinajstić information content (AvgIpc) is 2.56. The highest BCUT2D eigenvalue weighted by molar-refractivity contribution is 5.90. The molecule has 21 heavy (non-hydrogen) atoms. The Bertz CT molecular complexity index is 571. The second-order valence-corrected chi connectivity index (χ2v) is 4.47. The largest absolute Gasteiger partial charge is 0.483 e. The van der Waals surface area contributed by atoms with Crippen LogP contribution in [0.2, 0.25) is 0 Å². The Kier molecular flexibility index (Phi) is 4.06. The number of benzene rings is 1. The van der Waals surface area contributed by atoms with E-state index in [0.717, 1.165) is 0 Å². The average molecular weight is 303 g/mol. The number of nitrogens with zero attached hydrogens (tertiary/aromatic N) is 1. The predicted molar refractivity (Wildman–Crippen MR) is 64.7 cm³/mol. The number of rotatable bonds is 2. The van der Waals surface area contributed by atoms with E-state index in [-0.39, 0.29) is 17.9 Å². The van der Waals surface area contributed by atoms with Gasteiger partial charge in [-0.1, -0.05) is 0 Å². The number of hydrogen-bond donors (Lipinski definition) is 0. The van der Waals surface area contributed by atoms with E-state index in [2.05, 4.69) is 4.74 Å². The third-order valence-corrected chi connectivity index (χ3v) is 2.92. The first kappa shape index (κ1) is 15.1. The van der Waals surface area contributed by atoms with Gasteiger partial charge >= 0.3 is 12.1 Å². The molecule has 1 aliphatic rings. The van der Waals surface area contributed by atoms with Crippen molar-refractivity contribution in [2.24, 2.45) is 0 Å². The Hall–Kier alpha value is -2.25. The van der Waals surface area contributed by atoms with Gasteiger partial charge in [0, 0.05) is 12.1 Å². The van der Waals surface area contributed by atoms with Gasteiger partial charge in [-0.05, 0) is 18.2 Å². The van der Waals surface area contributed by atoms with E-state index in [0.29, 0.717) is 10.5 Å². The third kappa shape index (κ3) is 3.65. The Morgan fingerprint density at radius 2 is 2.14 bits per heavy atom. The molecule has 8 heteroatoms. The van der Waals surface area contributed by atoms with E-state index in [1.807, 2.05) is 0 Å². The van der Waals surface area contributed by atoms with Crippen LogP contribution in [0.5, 0.6) is 5.75 Å². The van der Waals surface area contributed by atoms with Gasteiger partial charge in [-0.25, -0.2) is 4.79 Å². The fourth-order valence-corrected chi connectivity index (χ4v) is 1.97. The molecular weight excluding hydrogens is 291 g/mol. The van der Waals surface area contributed by atoms with Crippen molar-refractivity contribution in [2.75, 3.05) is 20.3 Å². The van der Waals surface area contributed by atoms with Crippen LogP contribution < -0.4 is 4.74 Å². The summed E-state index contributed by atoms with van der Waals surface area (Å²) >= 11 is 0. The molecule has 0 spiro atoms. The van der Waals surface area contributed by atoms with E-state index in [4.69, 9.17) is 4.74 Å². The zero-order valence-corrected chi connectivity index (χ0v) is 11.1. The number of amides is 1. The van der Waals surface area contributed by atoms with Gasteiger partial charge in [-0.3, -0.25) is 4.79 Å². The van der Waals surface area contributed by atoms with Gasteiger partial charge in [0.2, 0.25) is 0 Å². The monoisotopic (exact) mass is 303 g/mol. The Morgan fingerprint density at radius 1 is 1.43 bits per heavy atom. The molecule has 0 aromatic heterocycles. The summed E-state index contributed by atoms with van der Waals surface area (Å²) in [4.78, 5) is 23.7. The molecule has 1 aliphatic heterocycles. The molecule has 1 amide bonds. The molecule has 0 unspecified atom stereocenters. The number of carbonyl (C=O) groups is 2. The minimum absolute atomic E-state index is 0.182. The molecular formula is C13H12F3NO4. The number of halogens is 3. The van der Waals surface area contributed by atoms with Crippen molar-refractivity contribution in [1.82, 2.24) is 4.90 Å². The van der Waals surface area contributed by atoms with Crippen molar-refractivity contribution in [2.45, 2.75) is 12.7 Å². The molecule has 0 saturated carbocycles. The number of ether oxygens (including phenoxy) is 2. The lowest BCUT2D eigenvalue weighted by atomic mass is 10.1. The zero-order chi connectivity index (χ0) is 15.6. The second kappa shape index (κ2) is 5.63. The second-order valence-electron chi connectivity index (χ2n) is 4.47. The van der Waals surface area contributed by atoms with Crippen molar-refractivity contribution in [3.05, 3.63) is 29.3 Å². The van der Waals surface area contributed by atoms with Crippen molar-refractivity contribution >= 4 is 11.9 Å². The molecule has 1 aromatic carbocycles. The van der Waals surface area contributed by atoms with Gasteiger partial charge in [0.15, 0.2) is 6.61 Å². The molecule has 0 atom stereocenters. The summed E-state index contributed by atoms with van der Waals surface area (Å²) in [6.45, 7) is -2.11. The molecule has 1 heterocycles. The van der Waals surface area contributed by atoms with Gasteiger partial charge in [0.1, 0.15) is 12.3 Å². The first-order chi connectivity index (χ1) is 9.80. The van der Waals surface area contributed by atoms with Crippen molar-refractivity contribution in [3.8, 4) is 5.75 Å². The van der Waals surface area contributed by atoms with Gasteiger partial charge in [0.05, 0.1) is 12.7 Å². The van der Waals surface area contributed by atoms with Crippen LogP contribution >= 0.6 is 0 Å². The summed E-state index contributed by atoms with van der Waals surface area (Å²) in [6, 6.07) is 4.23. The van der Waals surface area contributed by atoms with E-state index < -0.39 is 31.2 Å². The van der Waals surface area contributed by atoms with E-state index in [9.17, 15) is 22.8 Å². The lowest BCUT2D eigenvalue weighted by Crippen LogP contribution is -2.39. The number of esters is 1. The third-order valence-electron chi connectivity index (χ3n) is 2.92. The van der Waals surface area contributed by atoms with Gasteiger partial charge in [0.25, 0.3) is 5.91 Å². The summed E-state index contributed by atoms with van der Waals surface area (Å²) in [5.41, 5.74) is 0.508. The summed E-state index contributed by atoms with van der Waals surface area (Å²) in [5, 5.41) is 0. The molecule has 0 bridgehead atoms. The van der Waals surface area contributed by atoms with Crippen molar-refractivity contribution < 1.29 is 32.2 Å². The molecule has 114 valence electrons. The molecule has 0 radical (unpaired) electrons. The van der Waals surface area contributed by atoms with Crippen LogP contribution in [-0.4, -0.2) is 43.2 Å². The molecule has 0 saturated heterocycles. The van der Waals surface area contributed by atoms with Crippen LogP contribution in [0.1, 0.15) is 15.9 Å². The SMILES string of the molecule is COC(=O)c1ccc2c(c1)CN(CC(F)(F)F)C(=O)CO2. The molecule has 2 rings (SSSR count). The Balaban J connectivity index is 2.30. The van der Waals surface area contributed by atoms with Gasteiger partial charge in [-0.15, -0.1) is 0 Å². The topological polar surface area (TPSA) is 55.8 Å². The normalized spacial score (nSPS) is 15.0. The highest BCUT2D eigenvalue weighted by Crippen LogP contribution is 2.27. The summed E-state index contributed by atoms with van der Waals surface area (Å²) < 4.78 is 47.1. The standard InChI is InChI=1S/C13H12F3NO4/c1-20-12(19)8-2-3-10-9(4-8)5-17(7-13(14,15)16)11(18)6-21-10/h2-4H,5-7H2,1H3. The van der Waals surface area contributed by atoms with Gasteiger partial charge < -0.3 is 14.4 Å². The lowest BCUT2D eigenvalue weighted by Gasteiger charge is -2.21. The molecule has 0 fully saturated rings. The number of alkyl halides is 3. The predicted octanol–water partition coefficient (Wildman–Crippen LogP) is 1.76. The van der Waals surface area contributed by atoms with Crippen molar-refractivity contribution in [1.29, 1.82) is 0 Å². The van der Waals surface area contributed by atoms with E-state index in [1.54, 1.807) is 0 Å². The minimum Gasteiger partial charge on any atom is -0.483 e. The highest BCUT2D eigenvalue weighted by atomic mass is 19.4. The fourth-order valence-electron chi connectivity index (χ4n) is 1.97. The van der Waals surface area contributed by atoms with Crippen LogP contribution in [0.15, 0.2) is 18.2 Å². The number of methoxy groups -OCH3 is 1. The molecule has 5 nitrogen and oxygen atoms in total. The number of hydrogen-bond acceptors (Lipinski definition) is 4. The van der Waals surface area contributed by atoms with Crippen LogP contribution in [-0.2, 0) is 16.1 Å². The van der Waals surface area contributed by atoms with E-state index >= 15 is 0 Å². The van der Waals surface area contributed by atoms with Gasteiger partial charge in [-0.2, -0.15) is 13.2 Å². The van der Waals surface area contributed by atoms with Crippen LogP contribution in [0.3, 0.4) is 0 Å². The number of fused-ring (bicyclic) bond motifs is 1. The van der Waals surface area contributed by atoms with Crippen LogP contribution in [0.4, 0.5) is 13.2 Å².